The Kier molecular flexibility index (Phi) is 3.43. The van der Waals surface area contributed by atoms with Crippen molar-refractivity contribution in [1.29, 1.82) is 5.26 Å². The molecule has 4 nitrogen and oxygen atoms in total. The molecule has 0 bridgehead atoms. The van der Waals surface area contributed by atoms with Crippen LogP contribution in [0.1, 0.15) is 44.0 Å². The van der Waals surface area contributed by atoms with Crippen molar-refractivity contribution in [2.24, 2.45) is 0 Å². The predicted molar refractivity (Wildman–Crippen MR) is 96.8 cm³/mol. The Bertz CT molecular complexity index is 1020. The van der Waals surface area contributed by atoms with Gasteiger partial charge >= 0.3 is 0 Å². The second-order valence-electron chi connectivity index (χ2n) is 6.26. The number of aryl methyl sites for hydroxylation is 3. The number of aromatic amines is 1. The van der Waals surface area contributed by atoms with Crippen molar-refractivity contribution in [2.75, 3.05) is 5.32 Å². The maximum atomic E-state index is 12.6. The fraction of sp³-hybridized carbons (Fsp3) is 0.263. The van der Waals surface area contributed by atoms with E-state index in [0.29, 0.717) is 16.1 Å². The number of anilines is 1. The van der Waals surface area contributed by atoms with E-state index in [9.17, 15) is 10.1 Å². The highest BCUT2D eigenvalue weighted by Gasteiger charge is 2.23. The zero-order valence-corrected chi connectivity index (χ0v) is 14.4. The molecule has 3 aromatic rings. The van der Waals surface area contributed by atoms with Crippen molar-refractivity contribution in [3.63, 3.8) is 0 Å². The van der Waals surface area contributed by atoms with Crippen molar-refractivity contribution in [3.05, 3.63) is 51.0 Å². The van der Waals surface area contributed by atoms with E-state index >= 15 is 0 Å². The van der Waals surface area contributed by atoms with Gasteiger partial charge in [0.2, 0.25) is 0 Å². The van der Waals surface area contributed by atoms with Gasteiger partial charge in [-0.15, -0.1) is 11.3 Å². The molecule has 0 unspecified atom stereocenters. The number of aromatic nitrogens is 1. The second-order valence-corrected chi connectivity index (χ2v) is 7.37. The largest absolute Gasteiger partial charge is 0.358 e. The third kappa shape index (κ3) is 2.22. The Morgan fingerprint density at radius 1 is 1.33 bits per heavy atom. The van der Waals surface area contributed by atoms with E-state index < -0.39 is 0 Å². The van der Waals surface area contributed by atoms with E-state index in [0.717, 1.165) is 47.0 Å². The van der Waals surface area contributed by atoms with Gasteiger partial charge in [0.15, 0.2) is 0 Å². The molecule has 0 saturated carbocycles. The van der Waals surface area contributed by atoms with E-state index in [2.05, 4.69) is 16.4 Å². The molecule has 1 aliphatic carbocycles. The number of carbonyl (C=O) groups excluding carboxylic acids is 1. The van der Waals surface area contributed by atoms with Crippen molar-refractivity contribution in [1.82, 2.24) is 4.98 Å². The lowest BCUT2D eigenvalue weighted by atomic mass is 10.1. The number of hydrogen-bond acceptors (Lipinski definition) is 3. The molecule has 1 aromatic carbocycles. The first-order chi connectivity index (χ1) is 11.6. The lowest BCUT2D eigenvalue weighted by Gasteiger charge is -2.05. The second kappa shape index (κ2) is 5.50. The molecule has 0 saturated heterocycles. The van der Waals surface area contributed by atoms with Gasteiger partial charge in [0.05, 0.1) is 5.56 Å². The van der Waals surface area contributed by atoms with Crippen LogP contribution in [0.3, 0.4) is 0 Å². The smallest absolute Gasteiger partial charge is 0.256 e. The summed E-state index contributed by atoms with van der Waals surface area (Å²) in [6.45, 7) is 4.08. The number of fused-ring (bicyclic) bond motifs is 2. The number of nitriles is 1. The number of benzene rings is 1. The fourth-order valence-electron chi connectivity index (χ4n) is 3.39. The molecule has 2 heterocycles. The molecule has 1 aliphatic rings. The zero-order valence-electron chi connectivity index (χ0n) is 13.6. The summed E-state index contributed by atoms with van der Waals surface area (Å²) in [4.78, 5) is 17.2. The number of rotatable bonds is 2. The minimum atomic E-state index is -0.161. The Labute approximate surface area is 144 Å². The highest BCUT2D eigenvalue weighted by molar-refractivity contribution is 7.16. The zero-order chi connectivity index (χ0) is 16.8. The van der Waals surface area contributed by atoms with Gasteiger partial charge in [-0.1, -0.05) is 0 Å². The first-order valence-electron chi connectivity index (χ1n) is 8.03. The molecular formula is C19H17N3OS. The molecule has 120 valence electrons. The van der Waals surface area contributed by atoms with Gasteiger partial charge in [-0.3, -0.25) is 4.79 Å². The maximum Gasteiger partial charge on any atom is 0.256 e. The highest BCUT2D eigenvalue weighted by atomic mass is 32.1. The van der Waals surface area contributed by atoms with Gasteiger partial charge in [0.25, 0.3) is 5.91 Å². The normalized spacial score (nSPS) is 13.0. The van der Waals surface area contributed by atoms with Crippen LogP contribution in [0.15, 0.2) is 18.2 Å². The number of amides is 1. The number of thiophene rings is 1. The minimum absolute atomic E-state index is 0.161. The molecule has 1 amide bonds. The van der Waals surface area contributed by atoms with Gasteiger partial charge in [0, 0.05) is 27.0 Å². The minimum Gasteiger partial charge on any atom is -0.358 e. The summed E-state index contributed by atoms with van der Waals surface area (Å²) < 4.78 is 0. The van der Waals surface area contributed by atoms with Gasteiger partial charge in [-0.05, 0) is 62.4 Å². The Morgan fingerprint density at radius 2 is 2.17 bits per heavy atom. The first kappa shape index (κ1) is 15.0. The average molecular weight is 335 g/mol. The number of hydrogen-bond donors (Lipinski definition) is 2. The summed E-state index contributed by atoms with van der Waals surface area (Å²) in [6, 6.07) is 7.93. The van der Waals surface area contributed by atoms with Crippen LogP contribution in [0.25, 0.3) is 10.9 Å². The number of carbonyl (C=O) groups is 1. The maximum absolute atomic E-state index is 12.6. The van der Waals surface area contributed by atoms with E-state index in [4.69, 9.17) is 0 Å². The average Bonchev–Trinajstić information content (AvgIpc) is 3.21. The van der Waals surface area contributed by atoms with Crippen LogP contribution in [0.5, 0.6) is 0 Å². The monoisotopic (exact) mass is 335 g/mol. The van der Waals surface area contributed by atoms with Crippen molar-refractivity contribution >= 4 is 33.1 Å². The van der Waals surface area contributed by atoms with E-state index in [-0.39, 0.29) is 5.91 Å². The SMILES string of the molecule is Cc1[nH]c2ccc(C(=O)Nc3sc4c(c3C#N)CCC4)cc2c1C. The topological polar surface area (TPSA) is 68.7 Å². The number of H-pyrrole nitrogens is 1. The van der Waals surface area contributed by atoms with E-state index in [1.54, 1.807) is 11.3 Å². The van der Waals surface area contributed by atoms with Gasteiger partial charge in [-0.2, -0.15) is 5.26 Å². The third-order valence-electron chi connectivity index (χ3n) is 4.83. The Morgan fingerprint density at radius 3 is 2.96 bits per heavy atom. The Balaban J connectivity index is 1.68. The molecule has 0 atom stereocenters. The summed E-state index contributed by atoms with van der Waals surface area (Å²) in [6.07, 6.45) is 3.06. The van der Waals surface area contributed by atoms with Crippen molar-refractivity contribution in [2.45, 2.75) is 33.1 Å². The molecule has 0 radical (unpaired) electrons. The van der Waals surface area contributed by atoms with Crippen LogP contribution in [0, 0.1) is 25.2 Å². The molecule has 0 aliphatic heterocycles. The Hall–Kier alpha value is -2.58. The lowest BCUT2D eigenvalue weighted by molar-refractivity contribution is 0.102. The fourth-order valence-corrected chi connectivity index (χ4v) is 4.62. The number of nitrogens with one attached hydrogen (secondary N) is 2. The molecule has 2 aromatic heterocycles. The van der Waals surface area contributed by atoms with Gasteiger partial charge in [0.1, 0.15) is 11.1 Å². The van der Waals surface area contributed by atoms with Crippen LogP contribution in [-0.2, 0) is 12.8 Å². The van der Waals surface area contributed by atoms with Crippen LogP contribution in [0.2, 0.25) is 0 Å². The molecular weight excluding hydrogens is 318 g/mol. The van der Waals surface area contributed by atoms with Crippen molar-refractivity contribution in [3.8, 4) is 6.07 Å². The summed E-state index contributed by atoms with van der Waals surface area (Å²) in [5, 5.41) is 14.1. The quantitative estimate of drug-likeness (QED) is 0.726. The van der Waals surface area contributed by atoms with Gasteiger partial charge < -0.3 is 10.3 Å². The molecule has 0 spiro atoms. The molecule has 5 heteroatoms. The van der Waals surface area contributed by atoms with Crippen LogP contribution in [-0.4, -0.2) is 10.9 Å². The summed E-state index contributed by atoms with van der Waals surface area (Å²) in [5.41, 5.74) is 5.70. The highest BCUT2D eigenvalue weighted by Crippen LogP contribution is 2.38. The predicted octanol–water partition coefficient (Wildman–Crippen LogP) is 4.46. The first-order valence-corrected chi connectivity index (χ1v) is 8.85. The summed E-state index contributed by atoms with van der Waals surface area (Å²) in [5.74, 6) is -0.161. The summed E-state index contributed by atoms with van der Waals surface area (Å²) >= 11 is 1.55. The van der Waals surface area contributed by atoms with Crippen LogP contribution in [0.4, 0.5) is 5.00 Å². The molecule has 0 fully saturated rings. The number of nitrogens with zero attached hydrogens (tertiary/aromatic N) is 1. The lowest BCUT2D eigenvalue weighted by Crippen LogP contribution is -2.11. The van der Waals surface area contributed by atoms with E-state index in [1.807, 2.05) is 32.0 Å². The molecule has 2 N–H and O–H groups in total. The van der Waals surface area contributed by atoms with Gasteiger partial charge in [-0.25, -0.2) is 0 Å². The van der Waals surface area contributed by atoms with Crippen LogP contribution >= 0.6 is 11.3 Å². The van der Waals surface area contributed by atoms with E-state index in [1.165, 1.54) is 4.88 Å². The standard InChI is InChI=1S/C19H17N3OS/c1-10-11(2)21-16-7-6-12(8-14(10)16)18(23)22-19-15(9-20)13-4-3-5-17(13)24-19/h6-8,21H,3-5H2,1-2H3,(H,22,23). The molecule has 4 rings (SSSR count). The van der Waals surface area contributed by atoms with Crippen molar-refractivity contribution < 1.29 is 4.79 Å². The summed E-state index contributed by atoms with van der Waals surface area (Å²) in [7, 11) is 0. The molecule has 24 heavy (non-hydrogen) atoms. The van der Waals surface area contributed by atoms with Crippen LogP contribution < -0.4 is 5.32 Å². The third-order valence-corrected chi connectivity index (χ3v) is 6.04.